The molecule has 0 unspecified atom stereocenters. The summed E-state index contributed by atoms with van der Waals surface area (Å²) < 4.78 is 27.6. The molecule has 3 N–H and O–H groups in total. The second-order valence-corrected chi connectivity index (χ2v) is 7.89. The van der Waals surface area contributed by atoms with Crippen LogP contribution in [0.25, 0.3) is 0 Å². The van der Waals surface area contributed by atoms with Crippen molar-refractivity contribution in [3.05, 3.63) is 23.3 Å². The molecule has 118 valence electrons. The summed E-state index contributed by atoms with van der Waals surface area (Å²) in [5.74, 6) is 0.671. The molecular formula is C16H26N2O2S. The highest BCUT2D eigenvalue weighted by Crippen LogP contribution is 2.26. The number of benzene rings is 1. The number of nitrogens with one attached hydrogen (secondary N) is 1. The molecule has 1 aliphatic carbocycles. The van der Waals surface area contributed by atoms with Gasteiger partial charge in [-0.3, -0.25) is 0 Å². The molecule has 1 aromatic rings. The van der Waals surface area contributed by atoms with Gasteiger partial charge in [0.15, 0.2) is 0 Å². The number of rotatable bonds is 5. The highest BCUT2D eigenvalue weighted by Gasteiger charge is 2.19. The first kappa shape index (κ1) is 16.3. The van der Waals surface area contributed by atoms with Crippen LogP contribution >= 0.6 is 0 Å². The van der Waals surface area contributed by atoms with Crippen molar-refractivity contribution in [2.24, 2.45) is 5.92 Å². The molecule has 1 aromatic carbocycles. The summed E-state index contributed by atoms with van der Waals surface area (Å²) in [4.78, 5) is 0.309. The van der Waals surface area contributed by atoms with E-state index in [9.17, 15) is 8.42 Å². The molecule has 1 fully saturated rings. The first-order chi connectivity index (χ1) is 9.90. The standard InChI is InChI=1S/C16H26N2O2S/c1-12-10-15(17)11-16(13(12)2)21(19,20)18-9-8-14-6-4-3-5-7-14/h10-11,14,18H,3-9,17H2,1-2H3. The zero-order valence-electron chi connectivity index (χ0n) is 13.0. The number of nitrogen functional groups attached to an aromatic ring is 1. The Bertz CT molecular complexity index is 591. The highest BCUT2D eigenvalue weighted by molar-refractivity contribution is 7.89. The van der Waals surface area contributed by atoms with Crippen LogP contribution in [0.2, 0.25) is 0 Å². The van der Waals surface area contributed by atoms with Gasteiger partial charge in [-0.1, -0.05) is 32.1 Å². The van der Waals surface area contributed by atoms with E-state index >= 15 is 0 Å². The van der Waals surface area contributed by atoms with Crippen molar-refractivity contribution in [3.63, 3.8) is 0 Å². The van der Waals surface area contributed by atoms with E-state index in [4.69, 9.17) is 5.73 Å². The van der Waals surface area contributed by atoms with Crippen LogP contribution in [0.4, 0.5) is 5.69 Å². The van der Waals surface area contributed by atoms with Gasteiger partial charge in [0.25, 0.3) is 0 Å². The molecule has 0 aliphatic heterocycles. The van der Waals surface area contributed by atoms with Crippen molar-refractivity contribution in [1.82, 2.24) is 4.72 Å². The van der Waals surface area contributed by atoms with Crippen LogP contribution in [0.5, 0.6) is 0 Å². The normalized spacial score (nSPS) is 17.0. The third-order valence-corrected chi connectivity index (χ3v) is 6.09. The number of anilines is 1. The zero-order valence-corrected chi connectivity index (χ0v) is 13.8. The predicted molar refractivity (Wildman–Crippen MR) is 86.7 cm³/mol. The Morgan fingerprint density at radius 2 is 1.86 bits per heavy atom. The molecule has 0 spiro atoms. The third kappa shape index (κ3) is 4.20. The Morgan fingerprint density at radius 1 is 1.19 bits per heavy atom. The summed E-state index contributed by atoms with van der Waals surface area (Å²) in [5, 5.41) is 0. The maximum atomic E-state index is 12.4. The van der Waals surface area contributed by atoms with Crippen molar-refractivity contribution in [1.29, 1.82) is 0 Å². The lowest BCUT2D eigenvalue weighted by atomic mass is 9.87. The quantitative estimate of drug-likeness (QED) is 0.821. The van der Waals surface area contributed by atoms with Gasteiger partial charge >= 0.3 is 0 Å². The van der Waals surface area contributed by atoms with E-state index in [1.54, 1.807) is 12.1 Å². The molecule has 4 nitrogen and oxygen atoms in total. The van der Waals surface area contributed by atoms with Crippen LogP contribution in [0.1, 0.15) is 49.7 Å². The largest absolute Gasteiger partial charge is 0.399 e. The van der Waals surface area contributed by atoms with Crippen LogP contribution in [-0.2, 0) is 10.0 Å². The van der Waals surface area contributed by atoms with E-state index in [-0.39, 0.29) is 0 Å². The summed E-state index contributed by atoms with van der Waals surface area (Å²) in [6.07, 6.45) is 7.29. The molecule has 0 atom stereocenters. The molecule has 0 heterocycles. The van der Waals surface area contributed by atoms with Crippen LogP contribution in [0.15, 0.2) is 17.0 Å². The maximum Gasteiger partial charge on any atom is 0.240 e. The third-order valence-electron chi connectivity index (χ3n) is 4.50. The first-order valence-corrected chi connectivity index (χ1v) is 9.25. The predicted octanol–water partition coefficient (Wildman–Crippen LogP) is 3.13. The lowest BCUT2D eigenvalue weighted by Crippen LogP contribution is -2.27. The minimum Gasteiger partial charge on any atom is -0.399 e. The van der Waals surface area contributed by atoms with E-state index in [0.29, 0.717) is 23.0 Å². The molecule has 5 heteroatoms. The second kappa shape index (κ2) is 6.79. The molecule has 2 rings (SSSR count). The number of aryl methyl sites for hydroxylation is 1. The van der Waals surface area contributed by atoms with Gasteiger partial charge in [0, 0.05) is 12.2 Å². The van der Waals surface area contributed by atoms with Gasteiger partial charge in [-0.2, -0.15) is 0 Å². The van der Waals surface area contributed by atoms with E-state index < -0.39 is 10.0 Å². The first-order valence-electron chi connectivity index (χ1n) is 7.76. The molecule has 1 aliphatic rings. The van der Waals surface area contributed by atoms with Crippen LogP contribution in [0, 0.1) is 19.8 Å². The van der Waals surface area contributed by atoms with Crippen molar-refractivity contribution in [2.45, 2.75) is 57.3 Å². The van der Waals surface area contributed by atoms with E-state index in [1.807, 2.05) is 13.8 Å². The van der Waals surface area contributed by atoms with Gasteiger partial charge in [-0.25, -0.2) is 13.1 Å². The fourth-order valence-corrected chi connectivity index (χ4v) is 4.48. The Balaban J connectivity index is 2.01. The molecule has 1 saturated carbocycles. The molecule has 21 heavy (non-hydrogen) atoms. The minimum atomic E-state index is -3.47. The lowest BCUT2D eigenvalue weighted by Gasteiger charge is -2.21. The number of sulfonamides is 1. The molecule has 0 bridgehead atoms. The Morgan fingerprint density at radius 3 is 2.52 bits per heavy atom. The van der Waals surface area contributed by atoms with Crippen LogP contribution in [-0.4, -0.2) is 15.0 Å². The molecule has 0 amide bonds. The molecule has 0 radical (unpaired) electrons. The smallest absolute Gasteiger partial charge is 0.240 e. The Kier molecular flexibility index (Phi) is 5.27. The van der Waals surface area contributed by atoms with Gasteiger partial charge in [-0.15, -0.1) is 0 Å². The summed E-state index contributed by atoms with van der Waals surface area (Å²) in [6.45, 7) is 4.22. The van der Waals surface area contributed by atoms with E-state index in [1.165, 1.54) is 32.1 Å². The zero-order chi connectivity index (χ0) is 15.5. The van der Waals surface area contributed by atoms with Gasteiger partial charge in [0.05, 0.1) is 4.90 Å². The topological polar surface area (TPSA) is 72.2 Å². The van der Waals surface area contributed by atoms with Gasteiger partial charge in [0.2, 0.25) is 10.0 Å². The highest BCUT2D eigenvalue weighted by atomic mass is 32.2. The monoisotopic (exact) mass is 310 g/mol. The van der Waals surface area contributed by atoms with E-state index in [2.05, 4.69) is 4.72 Å². The Hall–Kier alpha value is -1.07. The average molecular weight is 310 g/mol. The van der Waals surface area contributed by atoms with Crippen molar-refractivity contribution < 1.29 is 8.42 Å². The number of nitrogens with two attached hydrogens (primary N) is 1. The van der Waals surface area contributed by atoms with Gasteiger partial charge < -0.3 is 5.73 Å². The maximum absolute atomic E-state index is 12.4. The average Bonchev–Trinajstić information content (AvgIpc) is 2.43. The Labute approximate surface area is 128 Å². The summed E-state index contributed by atoms with van der Waals surface area (Å²) in [6, 6.07) is 3.35. The van der Waals surface area contributed by atoms with Crippen LogP contribution in [0.3, 0.4) is 0 Å². The summed E-state index contributed by atoms with van der Waals surface area (Å²) in [5.41, 5.74) is 7.95. The van der Waals surface area contributed by atoms with Gasteiger partial charge in [-0.05, 0) is 49.4 Å². The van der Waals surface area contributed by atoms with Crippen molar-refractivity contribution in [2.75, 3.05) is 12.3 Å². The van der Waals surface area contributed by atoms with Crippen LogP contribution < -0.4 is 10.5 Å². The lowest BCUT2D eigenvalue weighted by molar-refractivity contribution is 0.339. The van der Waals surface area contributed by atoms with E-state index in [0.717, 1.165) is 17.5 Å². The van der Waals surface area contributed by atoms with Gasteiger partial charge in [0.1, 0.15) is 0 Å². The fourth-order valence-electron chi connectivity index (χ4n) is 3.08. The molecule has 0 aromatic heterocycles. The molecule has 0 saturated heterocycles. The summed E-state index contributed by atoms with van der Waals surface area (Å²) in [7, 11) is -3.47. The molecular weight excluding hydrogens is 284 g/mol. The van der Waals surface area contributed by atoms with Crippen molar-refractivity contribution >= 4 is 15.7 Å². The van der Waals surface area contributed by atoms with Crippen molar-refractivity contribution in [3.8, 4) is 0 Å². The second-order valence-electron chi connectivity index (χ2n) is 6.15. The SMILES string of the molecule is Cc1cc(N)cc(S(=O)(=O)NCCC2CCCCC2)c1C. The number of hydrogen-bond acceptors (Lipinski definition) is 3. The number of hydrogen-bond donors (Lipinski definition) is 2. The fraction of sp³-hybridized carbons (Fsp3) is 0.625. The summed E-state index contributed by atoms with van der Waals surface area (Å²) >= 11 is 0. The minimum absolute atomic E-state index is 0.309.